The molecular formula is C17H16ClF2N3O2S. The summed E-state index contributed by atoms with van der Waals surface area (Å²) in [6.07, 6.45) is 0. The molecule has 1 atom stereocenters. The number of benzene rings is 2. The number of halogens is 3. The molecule has 1 heterocycles. The number of hydrogen-bond donors (Lipinski definition) is 1. The zero-order valence-electron chi connectivity index (χ0n) is 14.0. The van der Waals surface area contributed by atoms with Gasteiger partial charge < -0.3 is 4.57 Å². The molecule has 26 heavy (non-hydrogen) atoms. The van der Waals surface area contributed by atoms with E-state index in [1.807, 2.05) is 0 Å². The minimum Gasteiger partial charge on any atom is -0.325 e. The quantitative estimate of drug-likeness (QED) is 0.704. The first-order chi connectivity index (χ1) is 12.2. The Bertz CT molecular complexity index is 1070. The van der Waals surface area contributed by atoms with Crippen LogP contribution in [0.15, 0.2) is 41.3 Å². The molecule has 0 aliphatic heterocycles. The second-order valence-electron chi connectivity index (χ2n) is 5.77. The number of aryl methyl sites for hydroxylation is 1. The van der Waals surface area contributed by atoms with Crippen molar-refractivity contribution in [3.63, 3.8) is 0 Å². The molecule has 138 valence electrons. The van der Waals surface area contributed by atoms with E-state index in [2.05, 4.69) is 9.71 Å². The van der Waals surface area contributed by atoms with Crippen molar-refractivity contribution in [2.24, 2.45) is 0 Å². The Morgan fingerprint density at radius 2 is 1.88 bits per heavy atom. The fourth-order valence-electron chi connectivity index (χ4n) is 2.82. The van der Waals surface area contributed by atoms with E-state index in [4.69, 9.17) is 11.6 Å². The lowest BCUT2D eigenvalue weighted by Gasteiger charge is -2.15. The van der Waals surface area contributed by atoms with E-state index in [0.717, 1.165) is 12.1 Å². The molecule has 0 radical (unpaired) electrons. The van der Waals surface area contributed by atoms with Crippen molar-refractivity contribution >= 4 is 32.7 Å². The largest absolute Gasteiger partial charge is 0.325 e. The summed E-state index contributed by atoms with van der Waals surface area (Å²) >= 11 is 5.78. The van der Waals surface area contributed by atoms with Crippen LogP contribution in [0.2, 0.25) is 5.02 Å². The third kappa shape index (κ3) is 3.44. The second-order valence-corrected chi connectivity index (χ2v) is 7.92. The van der Waals surface area contributed by atoms with Gasteiger partial charge in [-0.1, -0.05) is 11.6 Å². The molecule has 0 spiro atoms. The summed E-state index contributed by atoms with van der Waals surface area (Å²) in [5.74, 6) is -1.19. The lowest BCUT2D eigenvalue weighted by molar-refractivity contribution is 0.547. The number of aromatic nitrogens is 2. The van der Waals surface area contributed by atoms with Gasteiger partial charge in [0.1, 0.15) is 17.2 Å². The van der Waals surface area contributed by atoms with Gasteiger partial charge in [-0.25, -0.2) is 26.9 Å². The van der Waals surface area contributed by atoms with Gasteiger partial charge in [0, 0.05) is 23.7 Å². The van der Waals surface area contributed by atoms with Crippen LogP contribution in [0.25, 0.3) is 11.0 Å². The maximum atomic E-state index is 14.2. The molecule has 1 unspecified atom stereocenters. The first-order valence-electron chi connectivity index (χ1n) is 7.86. The van der Waals surface area contributed by atoms with Crippen molar-refractivity contribution in [1.82, 2.24) is 14.3 Å². The molecule has 0 saturated heterocycles. The van der Waals surface area contributed by atoms with Gasteiger partial charge in [-0.05, 0) is 38.1 Å². The van der Waals surface area contributed by atoms with Gasteiger partial charge in [0.25, 0.3) is 0 Å². The molecular weight excluding hydrogens is 384 g/mol. The Labute approximate surface area is 154 Å². The molecule has 9 heteroatoms. The van der Waals surface area contributed by atoms with Gasteiger partial charge in [-0.3, -0.25) is 0 Å². The number of imidazole rings is 1. The fraction of sp³-hybridized carbons (Fsp3) is 0.235. The smallest absolute Gasteiger partial charge is 0.241 e. The third-order valence-corrected chi connectivity index (χ3v) is 5.76. The highest BCUT2D eigenvalue weighted by Crippen LogP contribution is 2.25. The summed E-state index contributed by atoms with van der Waals surface area (Å²) in [7, 11) is -3.83. The molecule has 0 bridgehead atoms. The van der Waals surface area contributed by atoms with Gasteiger partial charge >= 0.3 is 0 Å². The number of fused-ring (bicyclic) bond motifs is 1. The lowest BCUT2D eigenvalue weighted by Crippen LogP contribution is -2.28. The number of hydrogen-bond acceptors (Lipinski definition) is 3. The number of nitrogens with zero attached hydrogens (tertiary/aromatic N) is 2. The van der Waals surface area contributed by atoms with Crippen molar-refractivity contribution in [2.45, 2.75) is 31.3 Å². The van der Waals surface area contributed by atoms with Crippen LogP contribution in [0.1, 0.15) is 25.7 Å². The van der Waals surface area contributed by atoms with Crippen LogP contribution >= 0.6 is 11.6 Å². The van der Waals surface area contributed by atoms with E-state index in [1.165, 1.54) is 28.8 Å². The molecule has 0 fully saturated rings. The van der Waals surface area contributed by atoms with Gasteiger partial charge in [-0.15, -0.1) is 0 Å². The molecule has 1 N–H and O–H groups in total. The summed E-state index contributed by atoms with van der Waals surface area (Å²) in [5.41, 5.74) is 0.276. The third-order valence-electron chi connectivity index (χ3n) is 3.95. The van der Waals surface area contributed by atoms with Crippen LogP contribution < -0.4 is 4.72 Å². The molecule has 0 aliphatic carbocycles. The van der Waals surface area contributed by atoms with Gasteiger partial charge in [-0.2, -0.15) is 0 Å². The minimum absolute atomic E-state index is 0.0464. The Morgan fingerprint density at radius 3 is 2.50 bits per heavy atom. The summed E-state index contributed by atoms with van der Waals surface area (Å²) in [4.78, 5) is 4.28. The molecule has 0 aliphatic rings. The van der Waals surface area contributed by atoms with Gasteiger partial charge in [0.2, 0.25) is 10.0 Å². The highest BCUT2D eigenvalue weighted by atomic mass is 35.5. The fourth-order valence-corrected chi connectivity index (χ4v) is 4.15. The second kappa shape index (κ2) is 6.94. The molecule has 0 amide bonds. The monoisotopic (exact) mass is 399 g/mol. The van der Waals surface area contributed by atoms with Gasteiger partial charge in [0.15, 0.2) is 5.82 Å². The Morgan fingerprint density at radius 1 is 1.23 bits per heavy atom. The minimum atomic E-state index is -3.83. The van der Waals surface area contributed by atoms with Crippen molar-refractivity contribution in [3.05, 3.63) is 58.9 Å². The standard InChI is InChI=1S/C17H16ClF2N3O2S/c1-3-23-16-14(20)8-12(19)9-15(16)21-17(23)10(2)22-26(24,25)13-6-4-11(18)5-7-13/h4-10,22H,3H2,1-2H3. The zero-order chi connectivity index (χ0) is 19.1. The van der Waals surface area contributed by atoms with Crippen molar-refractivity contribution in [2.75, 3.05) is 0 Å². The van der Waals surface area contributed by atoms with Crippen LogP contribution in [0, 0.1) is 11.6 Å². The number of rotatable bonds is 5. The maximum Gasteiger partial charge on any atom is 0.241 e. The first-order valence-corrected chi connectivity index (χ1v) is 9.72. The van der Waals surface area contributed by atoms with Crippen LogP contribution in [-0.2, 0) is 16.6 Å². The Balaban J connectivity index is 2.01. The summed E-state index contributed by atoms with van der Waals surface area (Å²) in [5, 5.41) is 0.419. The van der Waals surface area contributed by atoms with Crippen LogP contribution in [0.5, 0.6) is 0 Å². The van der Waals surface area contributed by atoms with Crippen molar-refractivity contribution < 1.29 is 17.2 Å². The number of nitrogens with one attached hydrogen (secondary N) is 1. The summed E-state index contributed by atoms with van der Waals surface area (Å²) in [6.45, 7) is 3.71. The van der Waals surface area contributed by atoms with Crippen molar-refractivity contribution in [1.29, 1.82) is 0 Å². The van der Waals surface area contributed by atoms with E-state index in [9.17, 15) is 17.2 Å². The molecule has 3 aromatic rings. The average molecular weight is 400 g/mol. The van der Waals surface area contributed by atoms with E-state index >= 15 is 0 Å². The van der Waals surface area contributed by atoms with E-state index < -0.39 is 27.7 Å². The average Bonchev–Trinajstić information content (AvgIpc) is 2.93. The summed E-state index contributed by atoms with van der Waals surface area (Å²) < 4.78 is 56.7. The lowest BCUT2D eigenvalue weighted by atomic mass is 10.3. The van der Waals surface area contributed by atoms with Crippen LogP contribution in [0.4, 0.5) is 8.78 Å². The summed E-state index contributed by atoms with van der Waals surface area (Å²) in [6, 6.07) is 6.85. The molecule has 2 aromatic carbocycles. The van der Waals surface area contributed by atoms with Crippen molar-refractivity contribution in [3.8, 4) is 0 Å². The highest BCUT2D eigenvalue weighted by Gasteiger charge is 2.24. The molecule has 0 saturated carbocycles. The predicted molar refractivity (Wildman–Crippen MR) is 95.5 cm³/mol. The van der Waals surface area contributed by atoms with E-state index in [1.54, 1.807) is 13.8 Å². The normalized spacial score (nSPS) is 13.3. The topological polar surface area (TPSA) is 64.0 Å². The van der Waals surface area contributed by atoms with Gasteiger partial charge in [0.05, 0.1) is 16.5 Å². The van der Waals surface area contributed by atoms with Crippen LogP contribution in [-0.4, -0.2) is 18.0 Å². The molecule has 1 aromatic heterocycles. The first kappa shape index (κ1) is 18.8. The van der Waals surface area contributed by atoms with Crippen LogP contribution in [0.3, 0.4) is 0 Å². The van der Waals surface area contributed by atoms with E-state index in [0.29, 0.717) is 17.4 Å². The maximum absolute atomic E-state index is 14.2. The highest BCUT2D eigenvalue weighted by molar-refractivity contribution is 7.89. The number of sulfonamides is 1. The Kier molecular flexibility index (Phi) is 5.01. The predicted octanol–water partition coefficient (Wildman–Crippen LogP) is 4.03. The zero-order valence-corrected chi connectivity index (χ0v) is 15.6. The molecule has 5 nitrogen and oxygen atoms in total. The Hall–Kier alpha value is -2.03. The SMILES string of the molecule is CCn1c(C(C)NS(=O)(=O)c2ccc(Cl)cc2)nc2cc(F)cc(F)c21. The molecule has 3 rings (SSSR count). The van der Waals surface area contributed by atoms with E-state index in [-0.39, 0.29) is 15.9 Å².